The third-order valence-electron chi connectivity index (χ3n) is 2.26. The first-order valence-electron chi connectivity index (χ1n) is 4.74. The zero-order valence-corrected chi connectivity index (χ0v) is 10.9. The molecule has 0 fully saturated rings. The highest BCUT2D eigenvalue weighted by molar-refractivity contribution is 9.10. The van der Waals surface area contributed by atoms with Gasteiger partial charge in [-0.05, 0) is 41.2 Å². The number of aromatic nitrogens is 1. The van der Waals surface area contributed by atoms with E-state index in [1.807, 2.05) is 19.2 Å². The van der Waals surface area contributed by atoms with Crippen LogP contribution < -0.4 is 5.32 Å². The monoisotopic (exact) mass is 300 g/mol. The van der Waals surface area contributed by atoms with Gasteiger partial charge in [-0.3, -0.25) is 4.98 Å². The van der Waals surface area contributed by atoms with Crippen molar-refractivity contribution in [2.45, 2.75) is 6.04 Å². The Kier molecular flexibility index (Phi) is 3.63. The van der Waals surface area contributed by atoms with Gasteiger partial charge in [0, 0.05) is 6.20 Å². The number of nitrogens with zero attached hydrogens (tertiary/aromatic N) is 1. The molecule has 0 saturated heterocycles. The number of nitrogens with one attached hydrogen (secondary N) is 1. The second-order valence-electron chi connectivity index (χ2n) is 3.22. The Labute approximate surface area is 107 Å². The molecular weight excluding hydrogens is 291 g/mol. The van der Waals surface area contributed by atoms with Crippen molar-refractivity contribution in [2.24, 2.45) is 0 Å². The van der Waals surface area contributed by atoms with E-state index in [-0.39, 0.29) is 6.04 Å². The minimum absolute atomic E-state index is 0.155. The summed E-state index contributed by atoms with van der Waals surface area (Å²) < 4.78 is 6.32. The summed E-state index contributed by atoms with van der Waals surface area (Å²) in [6.07, 6.45) is 3.34. The normalized spacial score (nSPS) is 12.7. The van der Waals surface area contributed by atoms with Crippen molar-refractivity contribution < 1.29 is 4.42 Å². The second-order valence-corrected chi connectivity index (χ2v) is 4.49. The van der Waals surface area contributed by atoms with Gasteiger partial charge in [0.05, 0.1) is 21.5 Å². The summed E-state index contributed by atoms with van der Waals surface area (Å²) in [6, 6.07) is 5.30. The Morgan fingerprint density at radius 2 is 2.31 bits per heavy atom. The van der Waals surface area contributed by atoms with Crippen LogP contribution in [0.5, 0.6) is 0 Å². The third-order valence-corrected chi connectivity index (χ3v) is 3.23. The van der Waals surface area contributed by atoms with Crippen molar-refractivity contribution in [3.63, 3.8) is 0 Å². The van der Waals surface area contributed by atoms with E-state index in [2.05, 4.69) is 26.2 Å². The van der Waals surface area contributed by atoms with Crippen molar-refractivity contribution in [2.75, 3.05) is 7.05 Å². The van der Waals surface area contributed by atoms with Crippen molar-refractivity contribution >= 4 is 27.5 Å². The van der Waals surface area contributed by atoms with E-state index in [1.165, 1.54) is 0 Å². The molecule has 0 radical (unpaired) electrons. The van der Waals surface area contributed by atoms with Crippen LogP contribution in [-0.2, 0) is 0 Å². The summed E-state index contributed by atoms with van der Waals surface area (Å²) in [5.74, 6) is 0.767. The average Bonchev–Trinajstić information content (AvgIpc) is 2.69. The van der Waals surface area contributed by atoms with Gasteiger partial charge in [-0.15, -0.1) is 0 Å². The molecule has 1 atom stereocenters. The maximum atomic E-state index is 6.11. The van der Waals surface area contributed by atoms with Gasteiger partial charge in [0.25, 0.3) is 0 Å². The predicted octanol–water partition coefficient (Wildman–Crippen LogP) is 3.40. The Morgan fingerprint density at radius 3 is 2.88 bits per heavy atom. The number of pyridine rings is 1. The van der Waals surface area contributed by atoms with E-state index in [4.69, 9.17) is 16.0 Å². The van der Waals surface area contributed by atoms with E-state index >= 15 is 0 Å². The fourth-order valence-corrected chi connectivity index (χ4v) is 2.17. The number of halogens is 2. The molecule has 3 nitrogen and oxygen atoms in total. The molecule has 2 aromatic rings. The number of hydrogen-bond donors (Lipinski definition) is 1. The van der Waals surface area contributed by atoms with E-state index in [0.717, 1.165) is 15.9 Å². The number of furan rings is 1. The van der Waals surface area contributed by atoms with Crippen molar-refractivity contribution in [1.29, 1.82) is 0 Å². The maximum absolute atomic E-state index is 6.11. The first kappa shape index (κ1) is 11.6. The van der Waals surface area contributed by atoms with Crippen molar-refractivity contribution in [1.82, 2.24) is 10.3 Å². The highest BCUT2D eigenvalue weighted by Gasteiger charge is 2.21. The molecule has 2 rings (SSSR count). The molecule has 0 aliphatic carbocycles. The van der Waals surface area contributed by atoms with Gasteiger partial charge in [-0.1, -0.05) is 11.6 Å². The van der Waals surface area contributed by atoms with E-state index < -0.39 is 0 Å². The number of rotatable bonds is 3. The highest BCUT2D eigenvalue weighted by atomic mass is 79.9. The van der Waals surface area contributed by atoms with Gasteiger partial charge >= 0.3 is 0 Å². The molecule has 0 aromatic carbocycles. The van der Waals surface area contributed by atoms with Crippen LogP contribution in [0.2, 0.25) is 5.02 Å². The lowest BCUT2D eigenvalue weighted by Crippen LogP contribution is -2.19. The first-order valence-corrected chi connectivity index (χ1v) is 5.91. The summed E-state index contributed by atoms with van der Waals surface area (Å²) in [4.78, 5) is 4.27. The van der Waals surface area contributed by atoms with Crippen LogP contribution in [0.25, 0.3) is 0 Å². The van der Waals surface area contributed by atoms with Crippen LogP contribution in [0.3, 0.4) is 0 Å². The fourth-order valence-electron chi connectivity index (χ4n) is 1.51. The van der Waals surface area contributed by atoms with Crippen LogP contribution in [0.4, 0.5) is 0 Å². The highest BCUT2D eigenvalue weighted by Crippen LogP contribution is 2.31. The molecule has 0 spiro atoms. The van der Waals surface area contributed by atoms with Gasteiger partial charge in [0.2, 0.25) is 0 Å². The Morgan fingerprint density at radius 1 is 1.50 bits per heavy atom. The molecule has 0 saturated carbocycles. The molecule has 1 unspecified atom stereocenters. The Balaban J connectivity index is 2.45. The zero-order valence-electron chi connectivity index (χ0n) is 8.58. The molecule has 0 bridgehead atoms. The fraction of sp³-hybridized carbons (Fsp3) is 0.182. The summed E-state index contributed by atoms with van der Waals surface area (Å²) in [5, 5.41) is 3.75. The average molecular weight is 302 g/mol. The van der Waals surface area contributed by atoms with Crippen molar-refractivity contribution in [3.05, 3.63) is 51.6 Å². The lowest BCUT2D eigenvalue weighted by molar-refractivity contribution is 0.456. The van der Waals surface area contributed by atoms with E-state index in [1.54, 1.807) is 18.5 Å². The number of hydrogen-bond acceptors (Lipinski definition) is 3. The van der Waals surface area contributed by atoms with E-state index in [9.17, 15) is 0 Å². The summed E-state index contributed by atoms with van der Waals surface area (Å²) in [5.41, 5.74) is 0.752. The standard InChI is InChI=1S/C11H10BrClN2O/c1-14-10(11-7(12)4-6-16-11)9-8(13)3-2-5-15-9/h2-6,10,14H,1H3. The van der Waals surface area contributed by atoms with Gasteiger partial charge < -0.3 is 9.73 Å². The van der Waals surface area contributed by atoms with Crippen LogP contribution >= 0.6 is 27.5 Å². The van der Waals surface area contributed by atoms with Crippen LogP contribution in [0, 0.1) is 0 Å². The van der Waals surface area contributed by atoms with Crippen molar-refractivity contribution in [3.8, 4) is 0 Å². The molecule has 84 valence electrons. The van der Waals surface area contributed by atoms with E-state index in [0.29, 0.717) is 5.02 Å². The summed E-state index contributed by atoms with van der Waals surface area (Å²) in [6.45, 7) is 0. The third kappa shape index (κ3) is 2.14. The molecule has 1 N–H and O–H groups in total. The quantitative estimate of drug-likeness (QED) is 0.944. The summed E-state index contributed by atoms with van der Waals surface area (Å²) in [7, 11) is 1.84. The maximum Gasteiger partial charge on any atom is 0.141 e. The topological polar surface area (TPSA) is 38.1 Å². The predicted molar refractivity (Wildman–Crippen MR) is 66.6 cm³/mol. The molecule has 0 amide bonds. The Bertz CT molecular complexity index is 486. The lowest BCUT2D eigenvalue weighted by atomic mass is 10.1. The molecule has 16 heavy (non-hydrogen) atoms. The molecule has 2 aromatic heterocycles. The van der Waals surface area contributed by atoms with Crippen LogP contribution in [0.1, 0.15) is 17.5 Å². The molecule has 0 aliphatic rings. The van der Waals surface area contributed by atoms with Gasteiger partial charge in [0.15, 0.2) is 0 Å². The lowest BCUT2D eigenvalue weighted by Gasteiger charge is -2.14. The zero-order chi connectivity index (χ0) is 11.5. The van der Waals surface area contributed by atoms with Crippen LogP contribution in [-0.4, -0.2) is 12.0 Å². The minimum atomic E-state index is -0.155. The Hall–Kier alpha value is -0.840. The summed E-state index contributed by atoms with van der Waals surface area (Å²) >= 11 is 9.53. The minimum Gasteiger partial charge on any atom is -0.466 e. The molecule has 0 aliphatic heterocycles. The largest absolute Gasteiger partial charge is 0.466 e. The van der Waals surface area contributed by atoms with Gasteiger partial charge in [-0.25, -0.2) is 0 Å². The van der Waals surface area contributed by atoms with Gasteiger partial charge in [0.1, 0.15) is 11.8 Å². The second kappa shape index (κ2) is 4.99. The smallest absolute Gasteiger partial charge is 0.141 e. The van der Waals surface area contributed by atoms with Gasteiger partial charge in [-0.2, -0.15) is 0 Å². The molecular formula is C11H10BrClN2O. The first-order chi connectivity index (χ1) is 7.74. The SMILES string of the molecule is CNC(c1ncccc1Cl)c1occc1Br. The molecule has 2 heterocycles. The van der Waals surface area contributed by atoms with Crippen LogP contribution in [0.15, 0.2) is 39.5 Å². The molecule has 5 heteroatoms.